The highest BCUT2D eigenvalue weighted by molar-refractivity contribution is 6.03. The minimum Gasteiger partial charge on any atom is -0.327 e. The molecule has 3 heterocycles. The van der Waals surface area contributed by atoms with Crippen LogP contribution < -0.4 is 9.80 Å². The molecule has 4 nitrogen and oxygen atoms in total. The molecule has 4 heteroatoms. The SMILES string of the molecule is Cc1cc(C)c(N2C=CN(c3ccc4ccc5cccnc5c4n3)C2)c(C)c1. The van der Waals surface area contributed by atoms with Gasteiger partial charge in [0, 0.05) is 35.1 Å². The third kappa shape index (κ3) is 2.69. The van der Waals surface area contributed by atoms with Crippen LogP contribution in [0.15, 0.2) is 67.1 Å². The lowest BCUT2D eigenvalue weighted by Gasteiger charge is -2.24. The number of aromatic nitrogens is 2. The van der Waals surface area contributed by atoms with E-state index in [2.05, 4.69) is 90.4 Å². The number of hydrogen-bond donors (Lipinski definition) is 0. The lowest BCUT2D eigenvalue weighted by molar-refractivity contribution is 0.949. The zero-order chi connectivity index (χ0) is 19.3. The summed E-state index contributed by atoms with van der Waals surface area (Å²) in [7, 11) is 0. The first-order valence-corrected chi connectivity index (χ1v) is 9.54. The minimum atomic E-state index is 0.751. The van der Waals surface area contributed by atoms with Crippen molar-refractivity contribution in [3.8, 4) is 0 Å². The summed E-state index contributed by atoms with van der Waals surface area (Å²) in [5, 5.41) is 2.23. The van der Waals surface area contributed by atoms with Gasteiger partial charge in [-0.3, -0.25) is 4.98 Å². The van der Waals surface area contributed by atoms with Crippen molar-refractivity contribution in [2.24, 2.45) is 0 Å². The molecule has 0 aliphatic carbocycles. The number of nitrogens with zero attached hydrogens (tertiary/aromatic N) is 4. The number of hydrogen-bond acceptors (Lipinski definition) is 4. The molecule has 0 bridgehead atoms. The summed E-state index contributed by atoms with van der Waals surface area (Å²) in [6.07, 6.45) is 6.07. The molecule has 4 aromatic rings. The van der Waals surface area contributed by atoms with Gasteiger partial charge in [0.05, 0.1) is 11.0 Å². The molecule has 0 saturated carbocycles. The monoisotopic (exact) mass is 366 g/mol. The summed E-state index contributed by atoms with van der Waals surface area (Å²) in [6, 6.07) is 17.0. The molecule has 0 spiro atoms. The van der Waals surface area contributed by atoms with Crippen LogP contribution in [0, 0.1) is 20.8 Å². The van der Waals surface area contributed by atoms with Crippen LogP contribution >= 0.6 is 0 Å². The Morgan fingerprint density at radius 3 is 2.25 bits per heavy atom. The van der Waals surface area contributed by atoms with Crippen molar-refractivity contribution in [2.45, 2.75) is 20.8 Å². The van der Waals surface area contributed by atoms with Crippen LogP contribution in [0.25, 0.3) is 21.8 Å². The highest BCUT2D eigenvalue weighted by Gasteiger charge is 2.20. The molecule has 0 atom stereocenters. The maximum atomic E-state index is 4.96. The largest absolute Gasteiger partial charge is 0.327 e. The van der Waals surface area contributed by atoms with Gasteiger partial charge in [0.2, 0.25) is 0 Å². The zero-order valence-corrected chi connectivity index (χ0v) is 16.3. The standard InChI is InChI=1S/C24H22N4/c1-16-13-17(2)24(18(3)14-16)28-12-11-27(15-28)21-9-8-20-7-6-19-5-4-10-25-22(19)23(20)26-21/h4-14H,15H2,1-3H3. The van der Waals surface area contributed by atoms with E-state index in [0.29, 0.717) is 0 Å². The summed E-state index contributed by atoms with van der Waals surface area (Å²) in [6.45, 7) is 7.25. The maximum absolute atomic E-state index is 4.96. The lowest BCUT2D eigenvalue weighted by Crippen LogP contribution is -2.26. The Balaban J connectivity index is 1.52. The molecule has 1 aliphatic heterocycles. The first-order valence-electron chi connectivity index (χ1n) is 9.54. The van der Waals surface area contributed by atoms with Gasteiger partial charge in [-0.15, -0.1) is 0 Å². The van der Waals surface area contributed by atoms with Gasteiger partial charge in [-0.25, -0.2) is 4.98 Å². The number of benzene rings is 2. The van der Waals surface area contributed by atoms with Crippen LogP contribution in [-0.4, -0.2) is 16.6 Å². The van der Waals surface area contributed by atoms with E-state index in [4.69, 9.17) is 4.98 Å². The molecule has 0 amide bonds. The van der Waals surface area contributed by atoms with E-state index in [1.165, 1.54) is 22.4 Å². The highest BCUT2D eigenvalue weighted by atomic mass is 15.4. The van der Waals surface area contributed by atoms with Gasteiger partial charge in [-0.2, -0.15) is 0 Å². The molecular weight excluding hydrogens is 344 g/mol. The molecule has 2 aromatic heterocycles. The molecule has 0 fully saturated rings. The van der Waals surface area contributed by atoms with E-state index in [-0.39, 0.29) is 0 Å². The first kappa shape index (κ1) is 16.8. The molecule has 2 aromatic carbocycles. The number of aryl methyl sites for hydroxylation is 3. The highest BCUT2D eigenvalue weighted by Crippen LogP contribution is 2.31. The third-order valence-electron chi connectivity index (χ3n) is 5.37. The van der Waals surface area contributed by atoms with E-state index in [1.807, 2.05) is 12.3 Å². The van der Waals surface area contributed by atoms with Gasteiger partial charge < -0.3 is 9.80 Å². The van der Waals surface area contributed by atoms with E-state index in [9.17, 15) is 0 Å². The molecule has 0 radical (unpaired) electrons. The van der Waals surface area contributed by atoms with Gasteiger partial charge in [0.1, 0.15) is 12.5 Å². The van der Waals surface area contributed by atoms with Crippen LogP contribution in [0.4, 0.5) is 11.5 Å². The Morgan fingerprint density at radius 1 is 0.786 bits per heavy atom. The average molecular weight is 366 g/mol. The second-order valence-electron chi connectivity index (χ2n) is 7.51. The normalized spacial score (nSPS) is 13.8. The van der Waals surface area contributed by atoms with Gasteiger partial charge in [-0.05, 0) is 50.1 Å². The molecule has 138 valence electrons. The van der Waals surface area contributed by atoms with Crippen LogP contribution in [-0.2, 0) is 0 Å². The molecule has 0 N–H and O–H groups in total. The summed E-state index contributed by atoms with van der Waals surface area (Å²) in [5.74, 6) is 0.937. The Labute approximate surface area is 164 Å². The van der Waals surface area contributed by atoms with E-state index < -0.39 is 0 Å². The van der Waals surface area contributed by atoms with E-state index in [1.54, 1.807) is 0 Å². The van der Waals surface area contributed by atoms with Gasteiger partial charge >= 0.3 is 0 Å². The van der Waals surface area contributed by atoms with Gasteiger partial charge in [0.25, 0.3) is 0 Å². The van der Waals surface area contributed by atoms with Crippen LogP contribution in [0.5, 0.6) is 0 Å². The van der Waals surface area contributed by atoms with Crippen molar-refractivity contribution in [3.05, 3.63) is 83.8 Å². The van der Waals surface area contributed by atoms with Crippen molar-refractivity contribution in [1.29, 1.82) is 0 Å². The average Bonchev–Trinajstić information content (AvgIpc) is 3.16. The third-order valence-corrected chi connectivity index (χ3v) is 5.37. The van der Waals surface area contributed by atoms with Crippen molar-refractivity contribution in [1.82, 2.24) is 9.97 Å². The summed E-state index contributed by atoms with van der Waals surface area (Å²) in [4.78, 5) is 14.0. The predicted molar refractivity (Wildman–Crippen MR) is 117 cm³/mol. The number of rotatable bonds is 2. The van der Waals surface area contributed by atoms with Crippen LogP contribution in [0.3, 0.4) is 0 Å². The number of anilines is 2. The minimum absolute atomic E-state index is 0.751. The van der Waals surface area contributed by atoms with Crippen molar-refractivity contribution in [2.75, 3.05) is 16.5 Å². The topological polar surface area (TPSA) is 32.3 Å². The number of pyridine rings is 2. The lowest BCUT2D eigenvalue weighted by atomic mass is 10.0. The van der Waals surface area contributed by atoms with Crippen molar-refractivity contribution < 1.29 is 0 Å². The molecular formula is C24H22N4. The number of fused-ring (bicyclic) bond motifs is 3. The van der Waals surface area contributed by atoms with Crippen molar-refractivity contribution >= 4 is 33.3 Å². The fraction of sp³-hybridized carbons (Fsp3) is 0.167. The molecule has 1 aliphatic rings. The Morgan fingerprint density at radius 2 is 1.46 bits per heavy atom. The molecule has 0 unspecified atom stereocenters. The maximum Gasteiger partial charge on any atom is 0.134 e. The second kappa shape index (κ2) is 6.34. The fourth-order valence-electron chi connectivity index (χ4n) is 4.21. The Bertz CT molecular complexity index is 1220. The molecule has 28 heavy (non-hydrogen) atoms. The smallest absolute Gasteiger partial charge is 0.134 e. The summed E-state index contributed by atoms with van der Waals surface area (Å²) >= 11 is 0. The first-order chi connectivity index (χ1) is 13.6. The predicted octanol–water partition coefficient (Wildman–Crippen LogP) is 5.46. The zero-order valence-electron chi connectivity index (χ0n) is 16.3. The molecule has 5 rings (SSSR count). The van der Waals surface area contributed by atoms with Crippen LogP contribution in [0.1, 0.15) is 16.7 Å². The Hall–Kier alpha value is -3.40. The second-order valence-corrected chi connectivity index (χ2v) is 7.51. The van der Waals surface area contributed by atoms with Crippen molar-refractivity contribution in [3.63, 3.8) is 0 Å². The Kier molecular flexibility index (Phi) is 3.79. The quantitative estimate of drug-likeness (QED) is 0.441. The molecule has 0 saturated heterocycles. The summed E-state index contributed by atoms with van der Waals surface area (Å²) in [5.41, 5.74) is 7.07. The summed E-state index contributed by atoms with van der Waals surface area (Å²) < 4.78 is 0. The van der Waals surface area contributed by atoms with E-state index in [0.717, 1.165) is 34.3 Å². The van der Waals surface area contributed by atoms with Gasteiger partial charge in [-0.1, -0.05) is 35.9 Å². The van der Waals surface area contributed by atoms with E-state index >= 15 is 0 Å². The fourth-order valence-corrected chi connectivity index (χ4v) is 4.21. The van der Waals surface area contributed by atoms with Crippen LogP contribution in [0.2, 0.25) is 0 Å². The van der Waals surface area contributed by atoms with Gasteiger partial charge in [0.15, 0.2) is 0 Å².